The second-order valence-electron chi connectivity index (χ2n) is 37.8. The van der Waals surface area contributed by atoms with Crippen LogP contribution in [0.1, 0.15) is 205 Å². The van der Waals surface area contributed by atoms with Crippen molar-refractivity contribution in [3.8, 4) is 5.75 Å². The number of primary amides is 2. The Kier molecular flexibility index (Phi) is 53.3. The molecule has 2 heterocycles. The number of aliphatic hydroxyl groups is 1. The van der Waals surface area contributed by atoms with Crippen molar-refractivity contribution in [1.82, 2.24) is 116 Å². The molecule has 0 saturated heterocycles. The highest BCUT2D eigenvalue weighted by Crippen LogP contribution is 2.19. The number of nitrogens with zero attached hydrogens (tertiary/aromatic N) is 3. The summed E-state index contributed by atoms with van der Waals surface area (Å²) in [6.07, 6.45) is 1.57. The van der Waals surface area contributed by atoms with Gasteiger partial charge in [0, 0.05) is 44.6 Å². The summed E-state index contributed by atoms with van der Waals surface area (Å²) in [5.74, 6) is -22.5. The largest absolute Gasteiger partial charge is 0.508 e. The summed E-state index contributed by atoms with van der Waals surface area (Å²) in [5, 5.41) is 75.3. The lowest BCUT2D eigenvalue weighted by atomic mass is 9.96. The van der Waals surface area contributed by atoms with E-state index in [-0.39, 0.29) is 117 Å². The van der Waals surface area contributed by atoms with Gasteiger partial charge in [-0.2, -0.15) is 0 Å². The number of aliphatic imine (C=N–C) groups is 1. The van der Waals surface area contributed by atoms with Crippen LogP contribution in [0.25, 0.3) is 0 Å². The van der Waals surface area contributed by atoms with Crippen LogP contribution in [0.2, 0.25) is 0 Å². The smallest absolute Gasteiger partial charge is 0.303 e. The maximum Gasteiger partial charge on any atom is 0.303 e. The van der Waals surface area contributed by atoms with Crippen LogP contribution in [0.5, 0.6) is 5.75 Å². The summed E-state index contributed by atoms with van der Waals surface area (Å²) in [5.41, 5.74) is 28.8. The molecule has 19 atom stereocenters. The van der Waals surface area contributed by atoms with E-state index in [2.05, 4.69) is 121 Å². The molecule has 0 saturated carbocycles. The number of aromatic amines is 2. The van der Waals surface area contributed by atoms with E-state index >= 15 is 0 Å². The fraction of sp³-hybridized carbons (Fsp3) is 0.630. The molecule has 144 heavy (non-hydrogen) atoms. The van der Waals surface area contributed by atoms with Gasteiger partial charge >= 0.3 is 5.97 Å². The Bertz CT molecular complexity index is 4840. The number of amides is 20. The number of aromatic hydroxyl groups is 1. The van der Waals surface area contributed by atoms with E-state index in [1.165, 1.54) is 77.0 Å². The van der Waals surface area contributed by atoms with E-state index in [1.807, 2.05) is 0 Å². The molecule has 802 valence electrons. The molecule has 52 nitrogen and oxygen atoms in total. The number of carboxylic acids is 1. The molecule has 33 N–H and O–H groups in total. The Hall–Kier alpha value is -14.5. The topological polar surface area (TPSA) is 836 Å². The zero-order chi connectivity index (χ0) is 109. The van der Waals surface area contributed by atoms with Crippen molar-refractivity contribution in [3.05, 3.63) is 66.3 Å². The minimum Gasteiger partial charge on any atom is -0.508 e. The van der Waals surface area contributed by atoms with Crippen LogP contribution >= 0.6 is 0 Å². The quantitative estimate of drug-likeness (QED) is 0.0142. The summed E-state index contributed by atoms with van der Waals surface area (Å²) in [4.78, 5) is 305. The third-order valence-electron chi connectivity index (χ3n) is 22.3. The van der Waals surface area contributed by atoms with Gasteiger partial charge in [0.25, 0.3) is 0 Å². The summed E-state index contributed by atoms with van der Waals surface area (Å²) >= 11 is 0. The fourth-order valence-corrected chi connectivity index (χ4v) is 14.3. The van der Waals surface area contributed by atoms with Crippen LogP contribution in [0.4, 0.5) is 0 Å². The number of nitrogens with one attached hydrogen (secondary N) is 20. The Morgan fingerprint density at radius 2 is 0.722 bits per heavy atom. The normalized spacial score (nSPS) is 15.2. The molecular formula is C92H150N28O24. The monoisotopic (exact) mass is 2030 g/mol. The highest BCUT2D eigenvalue weighted by atomic mass is 16.4. The standard InChI is InChI=1S/C92H150N28O24/c1-18-48(12)73(90(143)118-64(32-47(10)11)89(142)120-74(53(17)121)91(144)110-60(75(95)128)28-43(2)3)119-71(125)40-101-76(129)49(13)106-78(131)51(15)108-83(136)67(35-56-38-99-42-104-56)117-88(141)68(36-69(94)123)111-79(132)52(16)107-77(130)50(14)105-70(124)39-102-81(134)66(34-55-37-98-41-103-55)116-86(139)63(31-46(8)9)114-85(138)62(30-45(6)7)113-82(135)59(25-26-72(126)127)109-87(140)65(33-54-21-23-57(122)24-22-54)115-84(137)61(29-44(4)5)112-80(133)58(93)20-19-27-100-92(96)97/h21-24,37-38,41-53,58-68,73-74,121-122H,18-20,25-36,39-40,93H2,1-17H3,(H2,94,123)(H2,95,128)(H,98,103)(H,99,104)(H,101,129)(H,102,134)(H,105,124)(H,106,131)(H,107,130)(H,108,136)(H,109,140)(H,110,144)(H,111,132)(H,112,133)(H,113,135)(H,114,138)(H,115,137)(H,116,139)(H,117,141)(H,118,143)(H,119,125)(H,120,142)(H,126,127)(H4,96,97,100)/t48-,49-,50-,51-,52-,53+,58-,59-,60-,61-,62-,63-,64-,65-,66-,67-,68-,73-,74-/m0/s1. The summed E-state index contributed by atoms with van der Waals surface area (Å²) < 4.78 is 0. The van der Waals surface area contributed by atoms with Crippen molar-refractivity contribution in [1.29, 1.82) is 0 Å². The number of H-pyrrole nitrogens is 2. The van der Waals surface area contributed by atoms with E-state index in [1.54, 1.807) is 83.1 Å². The van der Waals surface area contributed by atoms with Gasteiger partial charge in [-0.15, -0.1) is 0 Å². The first-order valence-electron chi connectivity index (χ1n) is 47.8. The molecule has 20 amide bonds. The Balaban J connectivity index is 1.74. The predicted molar refractivity (Wildman–Crippen MR) is 522 cm³/mol. The van der Waals surface area contributed by atoms with Gasteiger partial charge in [0.1, 0.15) is 102 Å². The van der Waals surface area contributed by atoms with Gasteiger partial charge in [-0.05, 0) is 139 Å². The Morgan fingerprint density at radius 1 is 0.375 bits per heavy atom. The van der Waals surface area contributed by atoms with Crippen LogP contribution < -0.4 is 124 Å². The first-order valence-corrected chi connectivity index (χ1v) is 47.8. The summed E-state index contributed by atoms with van der Waals surface area (Å²) in [6, 6.07) is -19.2. The molecule has 1 aromatic carbocycles. The number of phenolic OH excluding ortho intramolecular Hbond substituents is 1. The van der Waals surface area contributed by atoms with Crippen molar-refractivity contribution in [3.63, 3.8) is 0 Å². The number of carbonyl (C=O) groups is 21. The molecule has 0 aliphatic carbocycles. The van der Waals surface area contributed by atoms with Crippen LogP contribution in [0.3, 0.4) is 0 Å². The first-order chi connectivity index (χ1) is 67.4. The number of imidazole rings is 2. The molecule has 0 unspecified atom stereocenters. The number of aliphatic hydroxyl groups excluding tert-OH is 1. The van der Waals surface area contributed by atoms with Crippen molar-refractivity contribution in [2.24, 2.45) is 69.2 Å². The number of carbonyl (C=O) groups excluding carboxylic acids is 20. The van der Waals surface area contributed by atoms with Crippen molar-refractivity contribution in [2.75, 3.05) is 19.6 Å². The van der Waals surface area contributed by atoms with Gasteiger partial charge < -0.3 is 150 Å². The highest BCUT2D eigenvalue weighted by molar-refractivity contribution is 6.02. The lowest BCUT2D eigenvalue weighted by Gasteiger charge is -2.29. The summed E-state index contributed by atoms with van der Waals surface area (Å²) in [7, 11) is 0. The fourth-order valence-electron chi connectivity index (χ4n) is 14.3. The number of nitrogens with two attached hydrogens (primary N) is 5. The zero-order valence-electron chi connectivity index (χ0n) is 84.6. The molecule has 0 fully saturated rings. The number of aromatic nitrogens is 4. The van der Waals surface area contributed by atoms with E-state index < -0.39 is 271 Å². The average Bonchev–Trinajstić information content (AvgIpc) is 1.09. The number of rotatable bonds is 65. The highest BCUT2D eigenvalue weighted by Gasteiger charge is 2.41. The van der Waals surface area contributed by atoms with Crippen LogP contribution in [-0.2, 0) is 120 Å². The van der Waals surface area contributed by atoms with Gasteiger partial charge in [-0.3, -0.25) is 106 Å². The van der Waals surface area contributed by atoms with Crippen molar-refractivity contribution in [2.45, 2.75) is 316 Å². The van der Waals surface area contributed by atoms with E-state index in [0.29, 0.717) is 18.4 Å². The molecule has 0 bridgehead atoms. The lowest BCUT2D eigenvalue weighted by Crippen LogP contribution is -2.61. The van der Waals surface area contributed by atoms with Crippen LogP contribution in [0.15, 0.2) is 54.3 Å². The third-order valence-corrected chi connectivity index (χ3v) is 22.3. The number of aliphatic carboxylic acids is 1. The maximum absolute atomic E-state index is 14.6. The third kappa shape index (κ3) is 46.5. The second kappa shape index (κ2) is 62.0. The molecule has 2 aromatic heterocycles. The average molecular weight is 2030 g/mol. The Morgan fingerprint density at radius 3 is 1.15 bits per heavy atom. The number of guanidine groups is 1. The van der Waals surface area contributed by atoms with E-state index in [9.17, 15) is 116 Å². The lowest BCUT2D eigenvalue weighted by molar-refractivity contribution is -0.139. The van der Waals surface area contributed by atoms with Gasteiger partial charge in [0.05, 0.1) is 55.7 Å². The molecular weight excluding hydrogens is 1880 g/mol. The maximum atomic E-state index is 14.6. The van der Waals surface area contributed by atoms with E-state index in [4.69, 9.17) is 28.7 Å². The number of hydrogen-bond acceptors (Lipinski definition) is 27. The summed E-state index contributed by atoms with van der Waals surface area (Å²) in [6.45, 7) is 25.5. The van der Waals surface area contributed by atoms with Gasteiger partial charge in [0.15, 0.2) is 5.96 Å². The molecule has 3 aromatic rings. The Labute approximate surface area is 835 Å². The molecule has 52 heteroatoms. The SMILES string of the molecule is CC[C@H](C)[C@H](NC(=O)CNC(=O)[C@H](C)NC(=O)[C@H](C)NC(=O)[C@H](Cc1c[nH]cn1)NC(=O)[C@H](CC(N)=O)NC(=O)[C@H](C)NC(=O)[C@H](C)NC(=O)CNC(=O)[C@H](Cc1c[nH]cn1)NC(=O)[C@H](CC(C)C)NC(=O)[C@H](CC(C)C)NC(=O)[C@H](CCC(=O)O)NC(=O)[C@H](Cc1ccc(O)cc1)NC(=O)[C@H](CC(C)C)NC(=O)[C@@H](N)CCCN=C(N)N)C(=O)N[C@@H](CC(C)C)C(=O)N[C@H](C(=O)N[C@@H](CC(C)C)C(N)=O)[C@@H](C)O. The van der Waals surface area contributed by atoms with E-state index in [0.717, 1.165) is 6.92 Å². The second-order valence-corrected chi connectivity index (χ2v) is 37.8. The minimum absolute atomic E-state index is 0.0273. The zero-order valence-corrected chi connectivity index (χ0v) is 84.6. The number of hydrogen-bond donors (Lipinski definition) is 28. The van der Waals surface area contributed by atoms with Crippen LogP contribution in [0, 0.1) is 35.5 Å². The van der Waals surface area contributed by atoms with Crippen molar-refractivity contribution < 1.29 is 116 Å². The van der Waals surface area contributed by atoms with Gasteiger partial charge in [-0.1, -0.05) is 102 Å². The molecule has 0 aliphatic rings. The minimum atomic E-state index is -1.85. The number of benzene rings is 1. The predicted octanol–water partition coefficient (Wildman–Crippen LogP) is -6.80. The van der Waals surface area contributed by atoms with Gasteiger partial charge in [-0.25, -0.2) is 9.97 Å². The van der Waals surface area contributed by atoms with Crippen molar-refractivity contribution >= 4 is 130 Å². The molecule has 0 radical (unpaired) electrons. The molecule has 3 rings (SSSR count). The molecule has 0 aliphatic heterocycles. The number of phenols is 1. The number of carboxylic acid groups (broad SMARTS) is 1. The van der Waals surface area contributed by atoms with Gasteiger partial charge in [0.2, 0.25) is 118 Å². The first kappa shape index (κ1) is 124. The molecule has 0 spiro atoms. The van der Waals surface area contributed by atoms with Crippen LogP contribution in [-0.4, -0.2) is 294 Å².